The standard InChI is InChI=1S/C14H18N4O2S/c1-17-5-7-18(8-6-17)14(19)12-11(15)10-9(20-2)3-4-16-13(10)21-12/h3-4H,5-8,15H2,1-2H3. The van der Waals surface area contributed by atoms with Gasteiger partial charge in [-0.25, -0.2) is 4.98 Å². The first-order chi connectivity index (χ1) is 10.1. The van der Waals surface area contributed by atoms with E-state index in [1.54, 1.807) is 19.4 Å². The number of rotatable bonds is 2. The van der Waals surface area contributed by atoms with E-state index >= 15 is 0 Å². The second-order valence-electron chi connectivity index (χ2n) is 5.13. The molecule has 1 aliphatic heterocycles. The normalized spacial score (nSPS) is 16.4. The molecule has 0 atom stereocenters. The van der Waals surface area contributed by atoms with Gasteiger partial charge in [-0.05, 0) is 13.1 Å². The number of fused-ring (bicyclic) bond motifs is 1. The molecule has 7 heteroatoms. The molecule has 0 bridgehead atoms. The Bertz CT molecular complexity index is 677. The van der Waals surface area contributed by atoms with Crippen LogP contribution in [0.25, 0.3) is 10.2 Å². The molecule has 1 amide bonds. The lowest BCUT2D eigenvalue weighted by Gasteiger charge is -2.32. The van der Waals surface area contributed by atoms with Crippen LogP contribution in [0.3, 0.4) is 0 Å². The van der Waals surface area contributed by atoms with Crippen molar-refractivity contribution in [1.29, 1.82) is 0 Å². The first kappa shape index (κ1) is 14.1. The highest BCUT2D eigenvalue weighted by atomic mass is 32.1. The van der Waals surface area contributed by atoms with Gasteiger partial charge in [-0.1, -0.05) is 0 Å². The number of nitrogen functional groups attached to an aromatic ring is 1. The maximum absolute atomic E-state index is 12.7. The molecule has 3 rings (SSSR count). The predicted octanol–water partition coefficient (Wildman–Crippen LogP) is 1.27. The summed E-state index contributed by atoms with van der Waals surface area (Å²) in [4.78, 5) is 22.3. The van der Waals surface area contributed by atoms with Gasteiger partial charge < -0.3 is 20.3 Å². The van der Waals surface area contributed by atoms with Crippen LogP contribution in [0.4, 0.5) is 5.69 Å². The SMILES string of the molecule is COc1ccnc2sc(C(=O)N3CCN(C)CC3)c(N)c12. The van der Waals surface area contributed by atoms with Gasteiger partial charge in [-0.15, -0.1) is 11.3 Å². The van der Waals surface area contributed by atoms with Gasteiger partial charge in [0.25, 0.3) is 5.91 Å². The lowest BCUT2D eigenvalue weighted by molar-refractivity contribution is 0.0670. The van der Waals surface area contributed by atoms with E-state index in [4.69, 9.17) is 10.5 Å². The van der Waals surface area contributed by atoms with E-state index in [2.05, 4.69) is 16.9 Å². The van der Waals surface area contributed by atoms with Crippen LogP contribution in [0.5, 0.6) is 5.75 Å². The monoisotopic (exact) mass is 306 g/mol. The summed E-state index contributed by atoms with van der Waals surface area (Å²) in [6, 6.07) is 1.76. The van der Waals surface area contributed by atoms with E-state index in [1.165, 1.54) is 11.3 Å². The van der Waals surface area contributed by atoms with Crippen LogP contribution in [-0.4, -0.2) is 61.0 Å². The number of nitrogens with zero attached hydrogens (tertiary/aromatic N) is 3. The van der Waals surface area contributed by atoms with Crippen LogP contribution in [-0.2, 0) is 0 Å². The number of carbonyl (C=O) groups is 1. The number of likely N-dealkylation sites (N-methyl/N-ethyl adjacent to an activating group) is 1. The summed E-state index contributed by atoms with van der Waals surface area (Å²) >= 11 is 1.34. The van der Waals surface area contributed by atoms with Crippen LogP contribution in [0, 0.1) is 0 Å². The number of anilines is 1. The minimum atomic E-state index is -0.00865. The first-order valence-electron chi connectivity index (χ1n) is 6.80. The number of amides is 1. The highest BCUT2D eigenvalue weighted by Gasteiger charge is 2.26. The number of carbonyl (C=O) groups excluding carboxylic acids is 1. The van der Waals surface area contributed by atoms with E-state index in [9.17, 15) is 4.79 Å². The topological polar surface area (TPSA) is 71.7 Å². The zero-order valence-electron chi connectivity index (χ0n) is 12.1. The van der Waals surface area contributed by atoms with E-state index in [-0.39, 0.29) is 5.91 Å². The Morgan fingerprint density at radius 3 is 2.76 bits per heavy atom. The fourth-order valence-corrected chi connectivity index (χ4v) is 3.55. The number of nitrogens with two attached hydrogens (primary N) is 1. The zero-order valence-corrected chi connectivity index (χ0v) is 12.9. The Kier molecular flexibility index (Phi) is 3.69. The maximum atomic E-state index is 12.7. The van der Waals surface area contributed by atoms with Crippen molar-refractivity contribution < 1.29 is 9.53 Å². The molecular weight excluding hydrogens is 288 g/mol. The predicted molar refractivity (Wildman–Crippen MR) is 84.0 cm³/mol. The van der Waals surface area contributed by atoms with Crippen LogP contribution in [0.1, 0.15) is 9.67 Å². The zero-order chi connectivity index (χ0) is 15.0. The number of pyridine rings is 1. The molecule has 0 saturated carbocycles. The largest absolute Gasteiger partial charge is 0.496 e. The van der Waals surface area contributed by atoms with Crippen molar-refractivity contribution in [2.24, 2.45) is 0 Å². The van der Waals surface area contributed by atoms with Crippen LogP contribution < -0.4 is 10.5 Å². The molecule has 6 nitrogen and oxygen atoms in total. The smallest absolute Gasteiger partial charge is 0.266 e. The molecule has 1 saturated heterocycles. The first-order valence-corrected chi connectivity index (χ1v) is 7.62. The van der Waals surface area contributed by atoms with Gasteiger partial charge in [0.1, 0.15) is 15.5 Å². The van der Waals surface area contributed by atoms with Crippen LogP contribution in [0.15, 0.2) is 12.3 Å². The molecule has 2 N–H and O–H groups in total. The number of ether oxygens (including phenoxy) is 1. The van der Waals surface area contributed by atoms with Gasteiger partial charge in [0, 0.05) is 32.4 Å². The molecule has 0 unspecified atom stereocenters. The Morgan fingerprint density at radius 2 is 2.10 bits per heavy atom. The van der Waals surface area contributed by atoms with Crippen LogP contribution in [0.2, 0.25) is 0 Å². The average molecular weight is 306 g/mol. The fraction of sp³-hybridized carbons (Fsp3) is 0.429. The molecule has 2 aromatic heterocycles. The third-order valence-electron chi connectivity index (χ3n) is 3.80. The number of piperazine rings is 1. The summed E-state index contributed by atoms with van der Waals surface area (Å²) in [5.41, 5.74) is 6.66. The van der Waals surface area contributed by atoms with E-state index in [1.807, 2.05) is 4.90 Å². The Morgan fingerprint density at radius 1 is 1.38 bits per heavy atom. The van der Waals surface area contributed by atoms with Crippen molar-refractivity contribution in [3.8, 4) is 5.75 Å². The van der Waals surface area contributed by atoms with Crippen molar-refractivity contribution in [1.82, 2.24) is 14.8 Å². The molecular formula is C14H18N4O2S. The average Bonchev–Trinajstić information content (AvgIpc) is 2.84. The summed E-state index contributed by atoms with van der Waals surface area (Å²) in [5.74, 6) is 0.650. The Labute approximate surface area is 127 Å². The molecule has 0 aromatic carbocycles. The second kappa shape index (κ2) is 5.50. The number of methoxy groups -OCH3 is 1. The van der Waals surface area contributed by atoms with Gasteiger partial charge in [-0.2, -0.15) is 0 Å². The third-order valence-corrected chi connectivity index (χ3v) is 4.90. The van der Waals surface area contributed by atoms with Crippen molar-refractivity contribution in [2.75, 3.05) is 46.1 Å². The van der Waals surface area contributed by atoms with Gasteiger partial charge >= 0.3 is 0 Å². The molecule has 0 aliphatic carbocycles. The summed E-state index contributed by atoms with van der Waals surface area (Å²) in [6.07, 6.45) is 1.67. The quantitative estimate of drug-likeness (QED) is 0.905. The minimum Gasteiger partial charge on any atom is -0.496 e. The highest BCUT2D eigenvalue weighted by molar-refractivity contribution is 7.21. The van der Waals surface area contributed by atoms with Crippen molar-refractivity contribution >= 4 is 33.1 Å². The Balaban J connectivity index is 1.97. The van der Waals surface area contributed by atoms with E-state index in [0.717, 1.165) is 36.4 Å². The molecule has 0 spiro atoms. The van der Waals surface area contributed by atoms with Crippen molar-refractivity contribution in [2.45, 2.75) is 0 Å². The molecule has 0 radical (unpaired) electrons. The second-order valence-corrected chi connectivity index (χ2v) is 6.13. The van der Waals surface area contributed by atoms with Crippen molar-refractivity contribution in [3.05, 3.63) is 17.1 Å². The number of aromatic nitrogens is 1. The number of hydrogen-bond donors (Lipinski definition) is 1. The summed E-state index contributed by atoms with van der Waals surface area (Å²) in [7, 11) is 3.65. The molecule has 1 aliphatic rings. The summed E-state index contributed by atoms with van der Waals surface area (Å²) < 4.78 is 5.32. The maximum Gasteiger partial charge on any atom is 0.266 e. The van der Waals surface area contributed by atoms with E-state index in [0.29, 0.717) is 16.3 Å². The van der Waals surface area contributed by atoms with Gasteiger partial charge in [0.05, 0.1) is 18.2 Å². The summed E-state index contributed by atoms with van der Waals surface area (Å²) in [6.45, 7) is 3.23. The highest BCUT2D eigenvalue weighted by Crippen LogP contribution is 2.38. The minimum absolute atomic E-state index is 0.00865. The lowest BCUT2D eigenvalue weighted by Crippen LogP contribution is -2.47. The lowest BCUT2D eigenvalue weighted by atomic mass is 10.2. The van der Waals surface area contributed by atoms with Gasteiger partial charge in [-0.3, -0.25) is 4.79 Å². The molecule has 2 aromatic rings. The Hall–Kier alpha value is -1.86. The number of hydrogen-bond acceptors (Lipinski definition) is 6. The van der Waals surface area contributed by atoms with Crippen molar-refractivity contribution in [3.63, 3.8) is 0 Å². The molecule has 21 heavy (non-hydrogen) atoms. The fourth-order valence-electron chi connectivity index (χ4n) is 2.50. The van der Waals surface area contributed by atoms with Gasteiger partial charge in [0.15, 0.2) is 0 Å². The van der Waals surface area contributed by atoms with Gasteiger partial charge in [0.2, 0.25) is 0 Å². The third kappa shape index (κ3) is 2.43. The molecule has 1 fully saturated rings. The van der Waals surface area contributed by atoms with Crippen LogP contribution >= 0.6 is 11.3 Å². The summed E-state index contributed by atoms with van der Waals surface area (Å²) in [5, 5.41) is 0.738. The van der Waals surface area contributed by atoms with E-state index < -0.39 is 0 Å². The molecule has 112 valence electrons. The molecule has 3 heterocycles. The number of thiophene rings is 1.